The molecule has 0 bridgehead atoms. The zero-order valence-electron chi connectivity index (χ0n) is 9.38. The Bertz CT molecular complexity index is 613. The molecule has 0 aliphatic heterocycles. The Morgan fingerprint density at radius 1 is 1.44 bits per heavy atom. The quantitative estimate of drug-likeness (QED) is 0.884. The molecular formula is C13H10N2O2S. The molecular weight excluding hydrogens is 248 g/mol. The van der Waals surface area contributed by atoms with Crippen molar-refractivity contribution in [2.24, 2.45) is 0 Å². The standard InChI is InChI=1S/C13H10N2O2S/c14-6-9-4-12(18-8-9)7-15-11-3-1-2-10(5-11)13(16)17/h1-5,8,15H,7H2,(H,16,17). The molecule has 0 fully saturated rings. The summed E-state index contributed by atoms with van der Waals surface area (Å²) < 4.78 is 0. The topological polar surface area (TPSA) is 73.1 Å². The van der Waals surface area contributed by atoms with Crippen LogP contribution < -0.4 is 5.32 Å². The number of benzene rings is 1. The van der Waals surface area contributed by atoms with Crippen LogP contribution in [0.2, 0.25) is 0 Å². The van der Waals surface area contributed by atoms with E-state index in [1.807, 2.05) is 12.1 Å². The second-order valence-electron chi connectivity index (χ2n) is 3.65. The Hall–Kier alpha value is -2.32. The van der Waals surface area contributed by atoms with Gasteiger partial charge in [0.15, 0.2) is 0 Å². The second kappa shape index (κ2) is 5.34. The van der Waals surface area contributed by atoms with E-state index in [9.17, 15) is 4.79 Å². The molecule has 1 heterocycles. The van der Waals surface area contributed by atoms with Crippen molar-refractivity contribution in [1.82, 2.24) is 0 Å². The summed E-state index contributed by atoms with van der Waals surface area (Å²) in [5.41, 5.74) is 1.65. The van der Waals surface area contributed by atoms with Crippen LogP contribution in [0.15, 0.2) is 35.7 Å². The molecule has 0 unspecified atom stereocenters. The third-order valence-corrected chi connectivity index (χ3v) is 3.30. The SMILES string of the molecule is N#Cc1csc(CNc2cccc(C(=O)O)c2)c1. The van der Waals surface area contributed by atoms with Crippen LogP contribution in [0.3, 0.4) is 0 Å². The number of aromatic carboxylic acids is 1. The van der Waals surface area contributed by atoms with Gasteiger partial charge in [-0.2, -0.15) is 5.26 Å². The fourth-order valence-corrected chi connectivity index (χ4v) is 2.23. The van der Waals surface area contributed by atoms with E-state index in [-0.39, 0.29) is 5.56 Å². The van der Waals surface area contributed by atoms with Gasteiger partial charge in [-0.05, 0) is 24.3 Å². The van der Waals surface area contributed by atoms with E-state index in [1.165, 1.54) is 11.3 Å². The molecule has 4 nitrogen and oxygen atoms in total. The number of carbonyl (C=O) groups is 1. The molecule has 0 aliphatic rings. The van der Waals surface area contributed by atoms with Crippen molar-refractivity contribution in [3.8, 4) is 6.07 Å². The molecule has 0 spiro atoms. The summed E-state index contributed by atoms with van der Waals surface area (Å²) in [6, 6.07) is 10.5. The van der Waals surface area contributed by atoms with Gasteiger partial charge in [-0.25, -0.2) is 4.79 Å². The summed E-state index contributed by atoms with van der Waals surface area (Å²) in [7, 11) is 0. The number of hydrogen-bond donors (Lipinski definition) is 2. The number of anilines is 1. The fraction of sp³-hybridized carbons (Fsp3) is 0.0769. The largest absolute Gasteiger partial charge is 0.478 e. The molecule has 0 radical (unpaired) electrons. The van der Waals surface area contributed by atoms with Crippen LogP contribution in [0.5, 0.6) is 0 Å². The number of nitrogens with zero attached hydrogens (tertiary/aromatic N) is 1. The Balaban J connectivity index is 2.04. The molecule has 0 saturated carbocycles. The van der Waals surface area contributed by atoms with E-state index in [1.54, 1.807) is 23.6 Å². The van der Waals surface area contributed by atoms with Gasteiger partial charge in [0.1, 0.15) is 6.07 Å². The molecule has 0 aliphatic carbocycles. The lowest BCUT2D eigenvalue weighted by molar-refractivity contribution is 0.0697. The Kier molecular flexibility index (Phi) is 3.60. The monoisotopic (exact) mass is 258 g/mol. The van der Waals surface area contributed by atoms with E-state index in [4.69, 9.17) is 10.4 Å². The average molecular weight is 258 g/mol. The number of carboxylic acids is 1. The number of carboxylic acid groups (broad SMARTS) is 1. The molecule has 1 aromatic heterocycles. The number of nitrogens with one attached hydrogen (secondary N) is 1. The first kappa shape index (κ1) is 12.1. The van der Waals surface area contributed by atoms with Crippen molar-refractivity contribution in [2.45, 2.75) is 6.54 Å². The van der Waals surface area contributed by atoms with Crippen LogP contribution in [-0.4, -0.2) is 11.1 Å². The van der Waals surface area contributed by atoms with Gasteiger partial charge >= 0.3 is 5.97 Å². The molecule has 5 heteroatoms. The maximum Gasteiger partial charge on any atom is 0.335 e. The van der Waals surface area contributed by atoms with Crippen LogP contribution in [0.4, 0.5) is 5.69 Å². The van der Waals surface area contributed by atoms with E-state index < -0.39 is 5.97 Å². The van der Waals surface area contributed by atoms with Gasteiger partial charge in [0.05, 0.1) is 11.1 Å². The first-order chi connectivity index (χ1) is 8.69. The van der Waals surface area contributed by atoms with Crippen LogP contribution in [0, 0.1) is 11.3 Å². The highest BCUT2D eigenvalue weighted by molar-refractivity contribution is 7.10. The molecule has 0 atom stereocenters. The highest BCUT2D eigenvalue weighted by atomic mass is 32.1. The summed E-state index contributed by atoms with van der Waals surface area (Å²) >= 11 is 1.50. The van der Waals surface area contributed by atoms with Crippen molar-refractivity contribution in [1.29, 1.82) is 5.26 Å². The third-order valence-electron chi connectivity index (χ3n) is 2.36. The van der Waals surface area contributed by atoms with Crippen molar-refractivity contribution >= 4 is 23.0 Å². The summed E-state index contributed by atoms with van der Waals surface area (Å²) in [5.74, 6) is -0.943. The van der Waals surface area contributed by atoms with Gasteiger partial charge in [-0.3, -0.25) is 0 Å². The first-order valence-electron chi connectivity index (χ1n) is 5.24. The minimum Gasteiger partial charge on any atom is -0.478 e. The van der Waals surface area contributed by atoms with Gasteiger partial charge in [0.25, 0.3) is 0 Å². The van der Waals surface area contributed by atoms with Crippen molar-refractivity contribution in [2.75, 3.05) is 5.32 Å². The lowest BCUT2D eigenvalue weighted by Crippen LogP contribution is -2.00. The third kappa shape index (κ3) is 2.87. The van der Waals surface area contributed by atoms with Crippen LogP contribution in [0.1, 0.15) is 20.8 Å². The summed E-state index contributed by atoms with van der Waals surface area (Å²) in [6.07, 6.45) is 0. The number of thiophene rings is 1. The molecule has 0 amide bonds. The molecule has 0 saturated heterocycles. The number of hydrogen-bond acceptors (Lipinski definition) is 4. The van der Waals surface area contributed by atoms with Crippen LogP contribution in [-0.2, 0) is 6.54 Å². The van der Waals surface area contributed by atoms with E-state index >= 15 is 0 Å². The molecule has 2 rings (SSSR count). The fourth-order valence-electron chi connectivity index (χ4n) is 1.48. The summed E-state index contributed by atoms with van der Waals surface area (Å²) in [6.45, 7) is 0.579. The highest BCUT2D eigenvalue weighted by Crippen LogP contribution is 2.17. The van der Waals surface area contributed by atoms with E-state index in [2.05, 4.69) is 11.4 Å². The molecule has 18 heavy (non-hydrogen) atoms. The normalized spacial score (nSPS) is 9.72. The predicted octanol–water partition coefficient (Wildman–Crippen LogP) is 2.93. The number of rotatable bonds is 4. The average Bonchev–Trinajstić information content (AvgIpc) is 2.84. The van der Waals surface area contributed by atoms with Gasteiger partial charge in [0, 0.05) is 22.5 Å². The Morgan fingerprint density at radius 2 is 2.28 bits per heavy atom. The summed E-state index contributed by atoms with van der Waals surface area (Å²) in [5, 5.41) is 22.5. The Labute approximate surface area is 108 Å². The maximum absolute atomic E-state index is 10.8. The lowest BCUT2D eigenvalue weighted by atomic mass is 10.2. The lowest BCUT2D eigenvalue weighted by Gasteiger charge is -2.05. The Morgan fingerprint density at radius 3 is 2.94 bits per heavy atom. The smallest absolute Gasteiger partial charge is 0.335 e. The molecule has 1 aromatic carbocycles. The zero-order valence-corrected chi connectivity index (χ0v) is 10.2. The van der Waals surface area contributed by atoms with E-state index in [0.717, 1.165) is 10.6 Å². The van der Waals surface area contributed by atoms with E-state index in [0.29, 0.717) is 12.1 Å². The van der Waals surface area contributed by atoms with Gasteiger partial charge in [-0.1, -0.05) is 6.07 Å². The highest BCUT2D eigenvalue weighted by Gasteiger charge is 2.03. The van der Waals surface area contributed by atoms with Gasteiger partial charge < -0.3 is 10.4 Å². The zero-order chi connectivity index (χ0) is 13.0. The second-order valence-corrected chi connectivity index (χ2v) is 4.65. The van der Waals surface area contributed by atoms with Gasteiger partial charge in [-0.15, -0.1) is 11.3 Å². The van der Waals surface area contributed by atoms with Gasteiger partial charge in [0.2, 0.25) is 0 Å². The predicted molar refractivity (Wildman–Crippen MR) is 69.8 cm³/mol. The van der Waals surface area contributed by atoms with Crippen LogP contribution >= 0.6 is 11.3 Å². The summed E-state index contributed by atoms with van der Waals surface area (Å²) in [4.78, 5) is 11.8. The molecule has 90 valence electrons. The minimum absolute atomic E-state index is 0.254. The van der Waals surface area contributed by atoms with Crippen LogP contribution in [0.25, 0.3) is 0 Å². The van der Waals surface area contributed by atoms with Crippen molar-refractivity contribution < 1.29 is 9.90 Å². The van der Waals surface area contributed by atoms with Crippen molar-refractivity contribution in [3.05, 3.63) is 51.7 Å². The first-order valence-corrected chi connectivity index (χ1v) is 6.12. The molecule has 2 N–H and O–H groups in total. The number of nitriles is 1. The minimum atomic E-state index is -0.943. The maximum atomic E-state index is 10.8. The molecule has 2 aromatic rings. The van der Waals surface area contributed by atoms with Crippen molar-refractivity contribution in [3.63, 3.8) is 0 Å².